The van der Waals surface area contributed by atoms with E-state index in [1.54, 1.807) is 24.3 Å². The molecule has 2 aromatic rings. The lowest BCUT2D eigenvalue weighted by atomic mass is 10.1. The van der Waals surface area contributed by atoms with E-state index in [-0.39, 0.29) is 11.7 Å². The molecule has 2 aromatic carbocycles. The number of hydrogen-bond acceptors (Lipinski definition) is 3. The van der Waals surface area contributed by atoms with Gasteiger partial charge in [-0.1, -0.05) is 42.5 Å². The van der Waals surface area contributed by atoms with Gasteiger partial charge in [-0.3, -0.25) is 9.59 Å². The van der Waals surface area contributed by atoms with Gasteiger partial charge < -0.3 is 10.6 Å². The van der Waals surface area contributed by atoms with Crippen LogP contribution in [0.5, 0.6) is 0 Å². The van der Waals surface area contributed by atoms with Gasteiger partial charge in [0.2, 0.25) is 11.7 Å². The van der Waals surface area contributed by atoms with Gasteiger partial charge in [-0.25, -0.2) is 0 Å². The molecule has 0 aliphatic rings. The van der Waals surface area contributed by atoms with E-state index in [9.17, 15) is 9.59 Å². The average Bonchev–Trinajstić information content (AvgIpc) is 2.50. The van der Waals surface area contributed by atoms with E-state index >= 15 is 0 Å². The fourth-order valence-electron chi connectivity index (χ4n) is 2.19. The summed E-state index contributed by atoms with van der Waals surface area (Å²) in [6, 6.07) is 14.9. The summed E-state index contributed by atoms with van der Waals surface area (Å²) in [4.78, 5) is 24.0. The summed E-state index contributed by atoms with van der Waals surface area (Å²) in [7, 11) is 0. The Morgan fingerprint density at radius 3 is 2.32 bits per heavy atom. The van der Waals surface area contributed by atoms with E-state index in [4.69, 9.17) is 0 Å². The predicted molar refractivity (Wildman–Crippen MR) is 87.9 cm³/mol. The number of anilines is 1. The van der Waals surface area contributed by atoms with Crippen LogP contribution in [0, 0.1) is 13.8 Å². The molecule has 2 N–H and O–H groups in total. The van der Waals surface area contributed by atoms with Crippen LogP contribution >= 0.6 is 0 Å². The van der Waals surface area contributed by atoms with E-state index in [0.717, 1.165) is 16.8 Å². The van der Waals surface area contributed by atoms with Crippen LogP contribution in [0.4, 0.5) is 5.69 Å². The van der Waals surface area contributed by atoms with Crippen LogP contribution in [0.2, 0.25) is 0 Å². The molecular formula is C18H20N2O2. The normalized spacial score (nSPS) is 11.6. The molecule has 0 fully saturated rings. The number of rotatable bonds is 5. The number of ketones is 1. The summed E-state index contributed by atoms with van der Waals surface area (Å²) < 4.78 is 0. The number of hydrogen-bond donors (Lipinski definition) is 2. The molecule has 0 heterocycles. The molecule has 1 amide bonds. The van der Waals surface area contributed by atoms with E-state index in [0.29, 0.717) is 5.56 Å². The molecule has 0 saturated carbocycles. The van der Waals surface area contributed by atoms with Crippen molar-refractivity contribution in [3.05, 3.63) is 65.2 Å². The topological polar surface area (TPSA) is 58.2 Å². The molecule has 4 nitrogen and oxygen atoms in total. The van der Waals surface area contributed by atoms with Gasteiger partial charge in [0, 0.05) is 18.2 Å². The summed E-state index contributed by atoms with van der Waals surface area (Å²) in [6.07, 6.45) is -0.791. The Hall–Kier alpha value is -2.62. The van der Waals surface area contributed by atoms with Crippen molar-refractivity contribution in [2.24, 2.45) is 0 Å². The fraction of sp³-hybridized carbons (Fsp3) is 0.222. The minimum absolute atomic E-state index is 0.170. The molecule has 0 aromatic heterocycles. The van der Waals surface area contributed by atoms with Crippen LogP contribution in [-0.2, 0) is 4.79 Å². The van der Waals surface area contributed by atoms with Crippen LogP contribution in [0.25, 0.3) is 0 Å². The molecule has 114 valence electrons. The van der Waals surface area contributed by atoms with Gasteiger partial charge in [-0.15, -0.1) is 0 Å². The molecule has 0 aliphatic heterocycles. The van der Waals surface area contributed by atoms with E-state index in [2.05, 4.69) is 10.6 Å². The molecule has 0 radical (unpaired) electrons. The minimum Gasteiger partial charge on any atom is -0.359 e. The fourth-order valence-corrected chi connectivity index (χ4v) is 2.19. The molecule has 4 heteroatoms. The smallest absolute Gasteiger partial charge is 0.218 e. The number of aryl methyl sites for hydroxylation is 2. The van der Waals surface area contributed by atoms with Crippen molar-refractivity contribution in [2.75, 3.05) is 5.32 Å². The maximum Gasteiger partial charge on any atom is 0.218 e. The second-order valence-corrected chi connectivity index (χ2v) is 5.33. The van der Waals surface area contributed by atoms with Crippen LogP contribution in [0.1, 0.15) is 28.4 Å². The summed E-state index contributed by atoms with van der Waals surface area (Å²) in [5.41, 5.74) is 3.49. The first-order valence-corrected chi connectivity index (χ1v) is 7.17. The van der Waals surface area contributed by atoms with Crippen molar-refractivity contribution in [2.45, 2.75) is 26.9 Å². The third-order valence-corrected chi connectivity index (χ3v) is 3.36. The summed E-state index contributed by atoms with van der Waals surface area (Å²) in [5, 5.41) is 5.81. The molecule has 2 rings (SSSR count). The minimum atomic E-state index is -0.791. The molecule has 0 unspecified atom stereocenters. The number of benzene rings is 2. The summed E-state index contributed by atoms with van der Waals surface area (Å²) in [5.74, 6) is -0.427. The Labute approximate surface area is 130 Å². The van der Waals surface area contributed by atoms with Crippen molar-refractivity contribution >= 4 is 17.4 Å². The molecule has 0 bridgehead atoms. The van der Waals surface area contributed by atoms with Gasteiger partial charge in [-0.2, -0.15) is 0 Å². The van der Waals surface area contributed by atoms with Crippen LogP contribution in [0.15, 0.2) is 48.5 Å². The lowest BCUT2D eigenvalue weighted by Crippen LogP contribution is -2.45. The molecule has 1 atom stereocenters. The predicted octanol–water partition coefficient (Wildman–Crippen LogP) is 3.06. The second-order valence-electron chi connectivity index (χ2n) is 5.33. The first kappa shape index (κ1) is 15.8. The lowest BCUT2D eigenvalue weighted by molar-refractivity contribution is -0.119. The molecular weight excluding hydrogens is 276 g/mol. The zero-order valence-electron chi connectivity index (χ0n) is 13.0. The highest BCUT2D eigenvalue weighted by molar-refractivity contribution is 6.03. The Morgan fingerprint density at radius 2 is 1.68 bits per heavy atom. The first-order valence-electron chi connectivity index (χ1n) is 7.17. The van der Waals surface area contributed by atoms with Crippen molar-refractivity contribution in [3.8, 4) is 0 Å². The molecule has 0 spiro atoms. The van der Waals surface area contributed by atoms with Gasteiger partial charge in [-0.05, 0) is 31.0 Å². The Balaban J connectivity index is 2.28. The number of carbonyl (C=O) groups excluding carboxylic acids is 2. The van der Waals surface area contributed by atoms with Crippen molar-refractivity contribution in [1.82, 2.24) is 5.32 Å². The Morgan fingerprint density at radius 1 is 1.00 bits per heavy atom. The van der Waals surface area contributed by atoms with Gasteiger partial charge in [0.15, 0.2) is 6.17 Å². The van der Waals surface area contributed by atoms with Crippen LogP contribution in [0.3, 0.4) is 0 Å². The lowest BCUT2D eigenvalue weighted by Gasteiger charge is -2.21. The number of Topliss-reactive ketones (excluding diaryl/α,β-unsaturated/α-hetero) is 1. The van der Waals surface area contributed by atoms with Crippen LogP contribution < -0.4 is 10.6 Å². The first-order chi connectivity index (χ1) is 10.5. The highest BCUT2D eigenvalue weighted by Crippen LogP contribution is 2.18. The van der Waals surface area contributed by atoms with E-state index in [1.807, 2.05) is 38.1 Å². The van der Waals surface area contributed by atoms with Gasteiger partial charge in [0.25, 0.3) is 0 Å². The SMILES string of the molecule is CC(=O)N[C@H](Nc1cc(C)ccc1C)C(=O)c1ccccc1. The monoisotopic (exact) mass is 296 g/mol. The third kappa shape index (κ3) is 3.95. The molecule has 0 aliphatic carbocycles. The highest BCUT2D eigenvalue weighted by atomic mass is 16.2. The van der Waals surface area contributed by atoms with Gasteiger partial charge >= 0.3 is 0 Å². The van der Waals surface area contributed by atoms with E-state index in [1.165, 1.54) is 6.92 Å². The zero-order valence-corrected chi connectivity index (χ0v) is 13.0. The van der Waals surface area contributed by atoms with Crippen molar-refractivity contribution < 1.29 is 9.59 Å². The van der Waals surface area contributed by atoms with E-state index < -0.39 is 6.17 Å². The third-order valence-electron chi connectivity index (χ3n) is 3.36. The zero-order chi connectivity index (χ0) is 16.1. The molecule has 0 saturated heterocycles. The largest absolute Gasteiger partial charge is 0.359 e. The average molecular weight is 296 g/mol. The van der Waals surface area contributed by atoms with Crippen LogP contribution in [-0.4, -0.2) is 17.9 Å². The number of nitrogens with one attached hydrogen (secondary N) is 2. The maximum atomic E-state index is 12.6. The summed E-state index contributed by atoms with van der Waals surface area (Å²) in [6.45, 7) is 5.34. The number of amides is 1. The quantitative estimate of drug-likeness (QED) is 0.658. The van der Waals surface area contributed by atoms with Crippen molar-refractivity contribution in [3.63, 3.8) is 0 Å². The van der Waals surface area contributed by atoms with Crippen molar-refractivity contribution in [1.29, 1.82) is 0 Å². The highest BCUT2D eigenvalue weighted by Gasteiger charge is 2.21. The number of carbonyl (C=O) groups is 2. The summed E-state index contributed by atoms with van der Waals surface area (Å²) >= 11 is 0. The second kappa shape index (κ2) is 6.89. The Bertz CT molecular complexity index is 681. The standard InChI is InChI=1S/C18H20N2O2/c1-12-9-10-13(2)16(11-12)20-18(19-14(3)21)17(22)15-7-5-4-6-8-15/h4-11,18,20H,1-3H3,(H,19,21)/t18-/m1/s1. The van der Waals surface area contributed by atoms with Gasteiger partial charge in [0.1, 0.15) is 0 Å². The Kier molecular flexibility index (Phi) is 4.94. The maximum absolute atomic E-state index is 12.6. The van der Waals surface area contributed by atoms with Gasteiger partial charge in [0.05, 0.1) is 0 Å². The molecule has 22 heavy (non-hydrogen) atoms.